The van der Waals surface area contributed by atoms with Crippen LogP contribution < -0.4 is 5.32 Å². The number of nitrogens with one attached hydrogen (secondary N) is 1. The smallest absolute Gasteiger partial charge is 0.320 e. The van der Waals surface area contributed by atoms with E-state index in [0.717, 1.165) is 0 Å². The van der Waals surface area contributed by atoms with E-state index in [0.29, 0.717) is 12.4 Å². The van der Waals surface area contributed by atoms with Gasteiger partial charge in [0.1, 0.15) is 0 Å². The van der Waals surface area contributed by atoms with Gasteiger partial charge in [-0.1, -0.05) is 0 Å². The van der Waals surface area contributed by atoms with E-state index in [2.05, 4.69) is 15.3 Å². The number of amides is 2. The molecule has 5 heteroatoms. The Balaban J connectivity index is 2.71. The van der Waals surface area contributed by atoms with Crippen molar-refractivity contribution < 1.29 is 4.79 Å². The maximum atomic E-state index is 11.9. The molecule has 0 aromatic carbocycles. The van der Waals surface area contributed by atoms with E-state index in [9.17, 15) is 4.79 Å². The van der Waals surface area contributed by atoms with Crippen LogP contribution in [0.25, 0.3) is 0 Å². The van der Waals surface area contributed by atoms with Gasteiger partial charge in [-0.2, -0.15) is 0 Å². The SMILES string of the molecule is CCN(C(=O)Nc1cnccn1)C(C)(C)C. The zero-order valence-corrected chi connectivity index (χ0v) is 10.2. The molecule has 0 aliphatic carbocycles. The molecule has 0 fully saturated rings. The third-order valence-corrected chi connectivity index (χ3v) is 2.17. The molecular formula is C11H18N4O. The van der Waals surface area contributed by atoms with Crippen LogP contribution in [-0.2, 0) is 0 Å². The molecule has 0 saturated heterocycles. The third kappa shape index (κ3) is 3.18. The monoisotopic (exact) mass is 222 g/mol. The molecule has 1 aromatic rings. The Labute approximate surface area is 95.9 Å². The Morgan fingerprint density at radius 1 is 1.44 bits per heavy atom. The number of aromatic nitrogens is 2. The van der Waals surface area contributed by atoms with Gasteiger partial charge in [0.05, 0.1) is 6.20 Å². The van der Waals surface area contributed by atoms with E-state index >= 15 is 0 Å². The van der Waals surface area contributed by atoms with Crippen LogP contribution in [0, 0.1) is 0 Å². The van der Waals surface area contributed by atoms with Crippen molar-refractivity contribution in [3.63, 3.8) is 0 Å². The molecule has 0 saturated carbocycles. The Bertz CT molecular complexity index is 345. The quantitative estimate of drug-likeness (QED) is 0.834. The van der Waals surface area contributed by atoms with Crippen LogP contribution in [0.15, 0.2) is 18.6 Å². The molecule has 16 heavy (non-hydrogen) atoms. The van der Waals surface area contributed by atoms with Gasteiger partial charge in [-0.3, -0.25) is 10.3 Å². The van der Waals surface area contributed by atoms with Crippen molar-refractivity contribution in [2.45, 2.75) is 33.2 Å². The molecule has 0 aliphatic heterocycles. The number of nitrogens with zero attached hydrogens (tertiary/aromatic N) is 3. The van der Waals surface area contributed by atoms with Crippen LogP contribution in [-0.4, -0.2) is 33.0 Å². The molecule has 0 atom stereocenters. The van der Waals surface area contributed by atoms with Gasteiger partial charge in [-0.25, -0.2) is 9.78 Å². The zero-order valence-electron chi connectivity index (χ0n) is 10.2. The molecule has 1 N–H and O–H groups in total. The highest BCUT2D eigenvalue weighted by Crippen LogP contribution is 2.14. The predicted octanol–water partition coefficient (Wildman–Crippen LogP) is 2.13. The van der Waals surface area contributed by atoms with E-state index in [4.69, 9.17) is 0 Å². The second kappa shape index (κ2) is 4.92. The molecule has 1 aromatic heterocycles. The van der Waals surface area contributed by atoms with Crippen molar-refractivity contribution in [1.82, 2.24) is 14.9 Å². The fourth-order valence-corrected chi connectivity index (χ4v) is 1.46. The summed E-state index contributed by atoms with van der Waals surface area (Å²) in [7, 11) is 0. The van der Waals surface area contributed by atoms with Gasteiger partial charge in [-0.05, 0) is 27.7 Å². The topological polar surface area (TPSA) is 58.1 Å². The third-order valence-electron chi connectivity index (χ3n) is 2.17. The van der Waals surface area contributed by atoms with Crippen LogP contribution in [0.5, 0.6) is 0 Å². The van der Waals surface area contributed by atoms with E-state index in [1.165, 1.54) is 6.20 Å². The molecule has 0 radical (unpaired) electrons. The summed E-state index contributed by atoms with van der Waals surface area (Å²) in [4.78, 5) is 21.6. The molecule has 0 unspecified atom stereocenters. The predicted molar refractivity (Wildman–Crippen MR) is 63.2 cm³/mol. The van der Waals surface area contributed by atoms with Gasteiger partial charge in [-0.15, -0.1) is 0 Å². The standard InChI is InChI=1S/C11H18N4O/c1-5-15(11(2,3)4)10(16)14-9-8-12-6-7-13-9/h6-8H,5H2,1-4H3,(H,13,14,16). The largest absolute Gasteiger partial charge is 0.323 e. The second-order valence-electron chi connectivity index (χ2n) is 4.44. The average Bonchev–Trinajstić information content (AvgIpc) is 2.17. The van der Waals surface area contributed by atoms with E-state index < -0.39 is 0 Å². The van der Waals surface area contributed by atoms with Crippen molar-refractivity contribution in [2.24, 2.45) is 0 Å². The van der Waals surface area contributed by atoms with Crippen LogP contribution >= 0.6 is 0 Å². The summed E-state index contributed by atoms with van der Waals surface area (Å²) in [5.41, 5.74) is -0.207. The lowest BCUT2D eigenvalue weighted by atomic mass is 10.1. The molecule has 5 nitrogen and oxygen atoms in total. The number of anilines is 1. The highest BCUT2D eigenvalue weighted by Gasteiger charge is 2.24. The maximum Gasteiger partial charge on any atom is 0.323 e. The van der Waals surface area contributed by atoms with Gasteiger partial charge < -0.3 is 4.90 Å². The number of rotatable bonds is 2. The number of hydrogen-bond donors (Lipinski definition) is 1. The van der Waals surface area contributed by atoms with Crippen molar-refractivity contribution in [3.8, 4) is 0 Å². The molecule has 0 aliphatic rings. The van der Waals surface area contributed by atoms with Gasteiger partial charge in [0.15, 0.2) is 5.82 Å². The summed E-state index contributed by atoms with van der Waals surface area (Å²) >= 11 is 0. The molecule has 0 spiro atoms. The number of carbonyl (C=O) groups is 1. The van der Waals surface area contributed by atoms with Gasteiger partial charge in [0.2, 0.25) is 0 Å². The second-order valence-corrected chi connectivity index (χ2v) is 4.44. The summed E-state index contributed by atoms with van der Waals surface area (Å²) in [6.45, 7) is 8.57. The summed E-state index contributed by atoms with van der Waals surface area (Å²) in [5.74, 6) is 0.468. The molecular weight excluding hydrogens is 204 g/mol. The lowest BCUT2D eigenvalue weighted by Crippen LogP contribution is -2.47. The van der Waals surface area contributed by atoms with Crippen molar-refractivity contribution >= 4 is 11.8 Å². The van der Waals surface area contributed by atoms with E-state index in [1.54, 1.807) is 17.3 Å². The van der Waals surface area contributed by atoms with Crippen LogP contribution in [0.4, 0.5) is 10.6 Å². The molecule has 2 amide bonds. The van der Waals surface area contributed by atoms with Gasteiger partial charge in [0, 0.05) is 24.5 Å². The molecule has 88 valence electrons. The van der Waals surface area contributed by atoms with E-state index in [1.807, 2.05) is 27.7 Å². The fraction of sp³-hybridized carbons (Fsp3) is 0.545. The van der Waals surface area contributed by atoms with Crippen LogP contribution in [0.1, 0.15) is 27.7 Å². The van der Waals surface area contributed by atoms with Crippen molar-refractivity contribution in [1.29, 1.82) is 0 Å². The first-order chi connectivity index (χ1) is 7.45. The minimum Gasteiger partial charge on any atom is -0.320 e. The first-order valence-electron chi connectivity index (χ1n) is 5.29. The Kier molecular flexibility index (Phi) is 3.82. The van der Waals surface area contributed by atoms with Gasteiger partial charge in [0.25, 0.3) is 0 Å². The Hall–Kier alpha value is -1.65. The Morgan fingerprint density at radius 2 is 2.12 bits per heavy atom. The number of urea groups is 1. The first kappa shape index (κ1) is 12.4. The lowest BCUT2D eigenvalue weighted by Gasteiger charge is -2.34. The van der Waals surface area contributed by atoms with Gasteiger partial charge >= 0.3 is 6.03 Å². The van der Waals surface area contributed by atoms with Crippen molar-refractivity contribution in [2.75, 3.05) is 11.9 Å². The number of carbonyl (C=O) groups excluding carboxylic acids is 1. The van der Waals surface area contributed by atoms with E-state index in [-0.39, 0.29) is 11.6 Å². The highest BCUT2D eigenvalue weighted by molar-refractivity contribution is 5.88. The minimum absolute atomic E-state index is 0.157. The normalized spacial score (nSPS) is 11.0. The summed E-state index contributed by atoms with van der Waals surface area (Å²) in [6.07, 6.45) is 4.63. The zero-order chi connectivity index (χ0) is 12.2. The lowest BCUT2D eigenvalue weighted by molar-refractivity contribution is 0.162. The molecule has 0 bridgehead atoms. The minimum atomic E-state index is -0.207. The average molecular weight is 222 g/mol. The Morgan fingerprint density at radius 3 is 2.56 bits per heavy atom. The summed E-state index contributed by atoms with van der Waals surface area (Å²) < 4.78 is 0. The first-order valence-corrected chi connectivity index (χ1v) is 5.29. The summed E-state index contributed by atoms with van der Waals surface area (Å²) in [5, 5.41) is 2.71. The maximum absolute atomic E-state index is 11.9. The number of hydrogen-bond acceptors (Lipinski definition) is 3. The highest BCUT2D eigenvalue weighted by atomic mass is 16.2. The molecule has 1 heterocycles. The van der Waals surface area contributed by atoms with Crippen LogP contribution in [0.2, 0.25) is 0 Å². The van der Waals surface area contributed by atoms with Crippen molar-refractivity contribution in [3.05, 3.63) is 18.6 Å². The molecule has 1 rings (SSSR count). The van der Waals surface area contributed by atoms with Crippen LogP contribution in [0.3, 0.4) is 0 Å². The summed E-state index contributed by atoms with van der Waals surface area (Å²) in [6, 6.07) is -0.157. The fourth-order valence-electron chi connectivity index (χ4n) is 1.46.